The fraction of sp³-hybridized carbons (Fsp3) is 0.400. The number of fused-ring (bicyclic) bond motifs is 3. The fourth-order valence-electron chi connectivity index (χ4n) is 4.75. The van der Waals surface area contributed by atoms with Crippen molar-refractivity contribution in [2.24, 2.45) is 17.3 Å². The Balaban J connectivity index is 1.55. The van der Waals surface area contributed by atoms with Crippen LogP contribution in [0.2, 0.25) is 0 Å². The first-order valence-corrected chi connectivity index (χ1v) is 11.0. The molecule has 152 valence electrons. The van der Waals surface area contributed by atoms with Crippen molar-refractivity contribution >= 4 is 29.2 Å². The van der Waals surface area contributed by atoms with Gasteiger partial charge in [-0.05, 0) is 70.9 Å². The molecule has 2 nitrogen and oxygen atoms in total. The maximum Gasteiger partial charge on any atom is 0.310 e. The molecule has 0 aromatic heterocycles. The first-order chi connectivity index (χ1) is 13.9. The molecule has 2 atom stereocenters. The third kappa shape index (κ3) is 4.11. The monoisotopic (exact) mass is 428 g/mol. The third-order valence-corrected chi connectivity index (χ3v) is 6.80. The molecule has 0 amide bonds. The molecule has 2 aliphatic carbocycles. The number of allylic oxidation sites excluding steroid dienone is 1. The molecule has 4 rings (SSSR count). The summed E-state index contributed by atoms with van der Waals surface area (Å²) in [5.74, 6) is -0.334. The predicted octanol–water partition coefficient (Wildman–Crippen LogP) is 6.87. The molecule has 29 heavy (non-hydrogen) atoms. The van der Waals surface area contributed by atoms with E-state index < -0.39 is 0 Å². The summed E-state index contributed by atoms with van der Waals surface area (Å²) >= 11 is 11.6. The molecule has 0 N–H and O–H groups in total. The van der Waals surface area contributed by atoms with Crippen molar-refractivity contribution in [1.82, 2.24) is 0 Å². The minimum Gasteiger partial charge on any atom is -0.461 e. The van der Waals surface area contributed by atoms with E-state index in [4.69, 9.17) is 27.9 Å². The summed E-state index contributed by atoms with van der Waals surface area (Å²) in [5, 5.41) is 0. The standard InChI is InChI=1S/C25H26Cl2O2/c1-25(2)21(14-22(26)27)23(25)24(28)29-15-17-10-7-13-20-18-11-5-3-8-16(18)9-4-6-12-19(17)20/h3,5,7-8,10-11,13-14,21,23H,4,6,9,12,15H2,1-2H3/t21?,23-/m0/s1. The van der Waals surface area contributed by atoms with E-state index in [1.807, 2.05) is 13.8 Å². The molecule has 0 bridgehead atoms. The minimum atomic E-state index is -0.193. The Morgan fingerprint density at radius 1 is 1.07 bits per heavy atom. The number of hydrogen-bond donors (Lipinski definition) is 0. The van der Waals surface area contributed by atoms with Crippen LogP contribution in [-0.2, 0) is 29.0 Å². The van der Waals surface area contributed by atoms with Crippen molar-refractivity contribution in [3.63, 3.8) is 0 Å². The van der Waals surface area contributed by atoms with Crippen molar-refractivity contribution in [3.05, 3.63) is 69.7 Å². The van der Waals surface area contributed by atoms with Crippen molar-refractivity contribution in [2.75, 3.05) is 0 Å². The summed E-state index contributed by atoms with van der Waals surface area (Å²) in [6.45, 7) is 4.40. The number of esters is 1. The Hall–Kier alpha value is -1.77. The third-order valence-electron chi connectivity index (χ3n) is 6.54. The van der Waals surface area contributed by atoms with Gasteiger partial charge in [-0.25, -0.2) is 0 Å². The maximum absolute atomic E-state index is 12.7. The average molecular weight is 429 g/mol. The Kier molecular flexibility index (Phi) is 5.77. The lowest BCUT2D eigenvalue weighted by molar-refractivity contribution is -0.147. The van der Waals surface area contributed by atoms with Gasteiger partial charge in [0, 0.05) is 0 Å². The number of halogens is 2. The highest BCUT2D eigenvalue weighted by Gasteiger charge is 2.61. The van der Waals surface area contributed by atoms with Crippen molar-refractivity contribution in [2.45, 2.75) is 46.1 Å². The molecule has 4 heteroatoms. The molecule has 1 unspecified atom stereocenters. The summed E-state index contributed by atoms with van der Waals surface area (Å²) < 4.78 is 5.98. The van der Waals surface area contributed by atoms with Crippen LogP contribution >= 0.6 is 23.2 Å². The number of aryl methyl sites for hydroxylation is 1. The Labute approximate surface area is 182 Å². The van der Waals surface area contributed by atoms with E-state index in [1.54, 1.807) is 6.08 Å². The summed E-state index contributed by atoms with van der Waals surface area (Å²) in [6.07, 6.45) is 6.20. The average Bonchev–Trinajstić information content (AvgIpc) is 3.21. The largest absolute Gasteiger partial charge is 0.461 e. The molecule has 2 aromatic carbocycles. The van der Waals surface area contributed by atoms with Crippen LogP contribution < -0.4 is 0 Å². The quantitative estimate of drug-likeness (QED) is 0.496. The minimum absolute atomic E-state index is 0.0308. The zero-order chi connectivity index (χ0) is 20.6. The van der Waals surface area contributed by atoms with Crippen LogP contribution in [0.4, 0.5) is 0 Å². The second-order valence-electron chi connectivity index (χ2n) is 8.70. The molecular weight excluding hydrogens is 403 g/mol. The smallest absolute Gasteiger partial charge is 0.310 e. The topological polar surface area (TPSA) is 26.3 Å². The Bertz CT molecular complexity index is 957. The normalized spacial score (nSPS) is 21.8. The van der Waals surface area contributed by atoms with Crippen LogP contribution in [0.25, 0.3) is 11.1 Å². The summed E-state index contributed by atoms with van der Waals surface area (Å²) in [7, 11) is 0. The molecule has 2 aromatic rings. The molecule has 0 aliphatic heterocycles. The van der Waals surface area contributed by atoms with Gasteiger partial charge < -0.3 is 4.74 Å². The lowest BCUT2D eigenvalue weighted by Gasteiger charge is -2.20. The van der Waals surface area contributed by atoms with Crippen molar-refractivity contribution < 1.29 is 9.53 Å². The van der Waals surface area contributed by atoms with E-state index >= 15 is 0 Å². The van der Waals surface area contributed by atoms with Gasteiger partial charge in [-0.1, -0.05) is 79.5 Å². The van der Waals surface area contributed by atoms with Gasteiger partial charge in [-0.3, -0.25) is 4.79 Å². The number of rotatable bonds is 4. The van der Waals surface area contributed by atoms with Crippen molar-refractivity contribution in [1.29, 1.82) is 0 Å². The number of benzene rings is 2. The van der Waals surface area contributed by atoms with Gasteiger partial charge in [0.1, 0.15) is 11.1 Å². The van der Waals surface area contributed by atoms with Crippen LogP contribution in [0.1, 0.15) is 43.4 Å². The summed E-state index contributed by atoms with van der Waals surface area (Å²) in [4.78, 5) is 12.7. The number of ether oxygens (including phenoxy) is 1. The molecule has 1 saturated carbocycles. The highest BCUT2D eigenvalue weighted by Crippen LogP contribution is 2.60. The van der Waals surface area contributed by atoms with Crippen LogP contribution in [-0.4, -0.2) is 5.97 Å². The first kappa shape index (κ1) is 20.5. The van der Waals surface area contributed by atoms with E-state index in [0.29, 0.717) is 6.61 Å². The van der Waals surface area contributed by atoms with Crippen LogP contribution in [0.5, 0.6) is 0 Å². The summed E-state index contributed by atoms with van der Waals surface area (Å²) in [5.41, 5.74) is 6.22. The van der Waals surface area contributed by atoms with Gasteiger partial charge in [0.2, 0.25) is 0 Å². The molecule has 0 heterocycles. The Morgan fingerprint density at radius 2 is 1.79 bits per heavy atom. The SMILES string of the molecule is CC1(C)C(C=C(Cl)Cl)[C@H]1C(=O)OCc1cccc2c1CCCCc1ccccc1-2. The fourth-order valence-corrected chi connectivity index (χ4v) is 5.02. The van der Waals surface area contributed by atoms with E-state index in [1.165, 1.54) is 28.7 Å². The maximum atomic E-state index is 12.7. The van der Waals surface area contributed by atoms with Gasteiger partial charge in [0.15, 0.2) is 0 Å². The van der Waals surface area contributed by atoms with Crippen LogP contribution in [0, 0.1) is 17.3 Å². The molecule has 1 fully saturated rings. The van der Waals surface area contributed by atoms with Gasteiger partial charge in [0.25, 0.3) is 0 Å². The lowest BCUT2D eigenvalue weighted by Crippen LogP contribution is -2.12. The van der Waals surface area contributed by atoms with Crippen molar-refractivity contribution in [3.8, 4) is 11.1 Å². The van der Waals surface area contributed by atoms with Gasteiger partial charge >= 0.3 is 5.97 Å². The van der Waals surface area contributed by atoms with E-state index in [0.717, 1.165) is 24.8 Å². The second kappa shape index (κ2) is 8.16. The summed E-state index contributed by atoms with van der Waals surface area (Å²) in [6, 6.07) is 15.0. The first-order valence-electron chi connectivity index (χ1n) is 10.3. The second-order valence-corrected chi connectivity index (χ2v) is 9.70. The van der Waals surface area contributed by atoms with Gasteiger partial charge in [0.05, 0.1) is 5.92 Å². The van der Waals surface area contributed by atoms with Crippen LogP contribution in [0.15, 0.2) is 53.0 Å². The van der Waals surface area contributed by atoms with E-state index in [9.17, 15) is 4.79 Å². The molecular formula is C25H26Cl2O2. The molecule has 0 saturated heterocycles. The molecule has 2 aliphatic rings. The van der Waals surface area contributed by atoms with E-state index in [-0.39, 0.29) is 27.7 Å². The number of carbonyl (C=O) groups is 1. The zero-order valence-corrected chi connectivity index (χ0v) is 18.4. The van der Waals surface area contributed by atoms with Gasteiger partial charge in [-0.15, -0.1) is 0 Å². The Morgan fingerprint density at radius 3 is 2.59 bits per heavy atom. The van der Waals surface area contributed by atoms with E-state index in [2.05, 4.69) is 42.5 Å². The zero-order valence-electron chi connectivity index (χ0n) is 16.9. The van der Waals surface area contributed by atoms with Gasteiger partial charge in [-0.2, -0.15) is 0 Å². The lowest BCUT2D eigenvalue weighted by atomic mass is 9.86. The highest BCUT2D eigenvalue weighted by atomic mass is 35.5. The number of hydrogen-bond acceptors (Lipinski definition) is 2. The predicted molar refractivity (Wildman–Crippen MR) is 119 cm³/mol. The van der Waals surface area contributed by atoms with Crippen LogP contribution in [0.3, 0.4) is 0 Å². The molecule has 0 radical (unpaired) electrons. The highest BCUT2D eigenvalue weighted by molar-refractivity contribution is 6.55. The number of carbonyl (C=O) groups excluding carboxylic acids is 1. The molecule has 0 spiro atoms.